The van der Waals surface area contributed by atoms with Crippen molar-refractivity contribution < 1.29 is 0 Å². The second kappa shape index (κ2) is 6.25. The lowest BCUT2D eigenvalue weighted by Crippen LogP contribution is -2.34. The number of nitrogens with two attached hydrogens (primary N) is 1. The molecule has 0 saturated heterocycles. The second-order valence-corrected chi connectivity index (χ2v) is 6.64. The molecule has 1 heterocycles. The van der Waals surface area contributed by atoms with Crippen molar-refractivity contribution in [1.82, 2.24) is 9.78 Å². The topological polar surface area (TPSA) is 43.8 Å². The summed E-state index contributed by atoms with van der Waals surface area (Å²) < 4.78 is 3.25. The van der Waals surface area contributed by atoms with Crippen LogP contribution in [-0.2, 0) is 18.7 Å². The Bertz CT molecular complexity index is 369. The molecule has 0 amide bonds. The van der Waals surface area contributed by atoms with Crippen LogP contribution in [0, 0.1) is 0 Å². The van der Waals surface area contributed by atoms with Crippen molar-refractivity contribution in [3.63, 3.8) is 0 Å². The minimum atomic E-state index is -0.109. The fourth-order valence-corrected chi connectivity index (χ4v) is 3.57. The first-order valence-corrected chi connectivity index (χ1v) is 7.94. The van der Waals surface area contributed by atoms with E-state index in [0.29, 0.717) is 0 Å². The van der Waals surface area contributed by atoms with Crippen molar-refractivity contribution >= 4 is 27.7 Å². The highest BCUT2D eigenvalue weighted by Crippen LogP contribution is 2.26. The minimum absolute atomic E-state index is 0.109. The maximum absolute atomic E-state index is 5.98. The zero-order valence-corrected chi connectivity index (χ0v) is 13.5. The summed E-state index contributed by atoms with van der Waals surface area (Å²) >= 11 is 5.52. The highest BCUT2D eigenvalue weighted by Gasteiger charge is 2.16. The van der Waals surface area contributed by atoms with E-state index < -0.39 is 0 Å². The highest BCUT2D eigenvalue weighted by atomic mass is 79.9. The number of thioether (sulfide) groups is 1. The van der Waals surface area contributed by atoms with Crippen LogP contribution < -0.4 is 5.73 Å². The van der Waals surface area contributed by atoms with Crippen LogP contribution in [0.1, 0.15) is 39.1 Å². The van der Waals surface area contributed by atoms with E-state index in [0.717, 1.165) is 30.2 Å². The number of rotatable bonds is 6. The van der Waals surface area contributed by atoms with Gasteiger partial charge in [0.1, 0.15) is 0 Å². The summed E-state index contributed by atoms with van der Waals surface area (Å²) in [6.45, 7) is 9.29. The van der Waals surface area contributed by atoms with E-state index in [1.165, 1.54) is 10.2 Å². The molecule has 0 radical (unpaired) electrons. The second-order valence-electron chi connectivity index (χ2n) is 4.86. The van der Waals surface area contributed by atoms with E-state index in [2.05, 4.69) is 53.4 Å². The fraction of sp³-hybridized carbons (Fsp3) is 0.750. The molecule has 0 aliphatic rings. The Balaban J connectivity index is 2.72. The van der Waals surface area contributed by atoms with Crippen LogP contribution in [0.4, 0.5) is 0 Å². The van der Waals surface area contributed by atoms with E-state index in [1.807, 2.05) is 11.8 Å². The molecule has 2 N–H and O–H groups in total. The molecule has 0 unspecified atom stereocenters. The van der Waals surface area contributed by atoms with Crippen molar-refractivity contribution in [2.75, 3.05) is 5.75 Å². The van der Waals surface area contributed by atoms with E-state index in [9.17, 15) is 0 Å². The number of hydrogen-bond donors (Lipinski definition) is 1. The normalized spacial score (nSPS) is 12.1. The van der Waals surface area contributed by atoms with Gasteiger partial charge in [-0.25, -0.2) is 0 Å². The third kappa shape index (κ3) is 4.30. The van der Waals surface area contributed by atoms with Gasteiger partial charge in [-0.3, -0.25) is 4.68 Å². The van der Waals surface area contributed by atoms with Crippen molar-refractivity contribution in [3.8, 4) is 0 Å². The third-order valence-corrected chi connectivity index (χ3v) is 4.75. The lowest BCUT2D eigenvalue weighted by atomic mass is 10.1. The van der Waals surface area contributed by atoms with Crippen LogP contribution >= 0.6 is 27.7 Å². The smallest absolute Gasteiger partial charge is 0.0767 e. The van der Waals surface area contributed by atoms with E-state index >= 15 is 0 Å². The quantitative estimate of drug-likeness (QED) is 0.875. The Morgan fingerprint density at radius 2 is 2.06 bits per heavy atom. The van der Waals surface area contributed by atoms with Gasteiger partial charge in [-0.2, -0.15) is 16.9 Å². The van der Waals surface area contributed by atoms with Gasteiger partial charge in [0, 0.05) is 23.6 Å². The molecule has 98 valence electrons. The Morgan fingerprint density at radius 3 is 2.53 bits per heavy atom. The molecule has 0 aromatic carbocycles. The maximum atomic E-state index is 5.98. The summed E-state index contributed by atoms with van der Waals surface area (Å²) in [5.74, 6) is 1.91. The molecule has 0 aliphatic heterocycles. The Kier molecular flexibility index (Phi) is 5.54. The van der Waals surface area contributed by atoms with Crippen molar-refractivity contribution in [2.24, 2.45) is 5.73 Å². The zero-order chi connectivity index (χ0) is 13.1. The molecule has 0 spiro atoms. The molecule has 1 rings (SSSR count). The van der Waals surface area contributed by atoms with E-state index in [4.69, 9.17) is 5.73 Å². The van der Waals surface area contributed by atoms with Crippen LogP contribution in [0.15, 0.2) is 4.47 Å². The predicted molar refractivity (Wildman–Crippen MR) is 79.4 cm³/mol. The van der Waals surface area contributed by atoms with Gasteiger partial charge in [0.25, 0.3) is 0 Å². The van der Waals surface area contributed by atoms with Gasteiger partial charge in [-0.1, -0.05) is 6.92 Å². The molecule has 0 aliphatic carbocycles. The zero-order valence-electron chi connectivity index (χ0n) is 11.1. The number of aryl methyl sites for hydroxylation is 2. The summed E-state index contributed by atoms with van der Waals surface area (Å²) in [6, 6.07) is 0. The first-order chi connectivity index (χ1) is 7.89. The Hall–Kier alpha value is -0.0000000000000000555. The molecule has 0 atom stereocenters. The van der Waals surface area contributed by atoms with Crippen molar-refractivity contribution in [3.05, 3.63) is 15.9 Å². The molecule has 0 bridgehead atoms. The molecule has 1 aromatic rings. The standard InChI is InChI=1S/C12H22BrN3S/c1-5-9-11(13)10(16(6-2)15-9)7-17-8-12(3,4)14/h5-8,14H2,1-4H3. The molecule has 0 saturated carbocycles. The number of aromatic nitrogens is 2. The number of nitrogens with zero attached hydrogens (tertiary/aromatic N) is 2. The summed E-state index contributed by atoms with van der Waals surface area (Å²) in [5.41, 5.74) is 8.30. The lowest BCUT2D eigenvalue weighted by Gasteiger charge is -2.17. The molecular formula is C12H22BrN3S. The summed E-state index contributed by atoms with van der Waals surface area (Å²) in [4.78, 5) is 0. The van der Waals surface area contributed by atoms with Crippen LogP contribution in [0.5, 0.6) is 0 Å². The van der Waals surface area contributed by atoms with Gasteiger partial charge in [-0.15, -0.1) is 0 Å². The predicted octanol–water partition coefficient (Wildman–Crippen LogP) is 3.20. The van der Waals surface area contributed by atoms with E-state index in [-0.39, 0.29) is 5.54 Å². The Labute approximate surface area is 117 Å². The van der Waals surface area contributed by atoms with E-state index in [1.54, 1.807) is 0 Å². The summed E-state index contributed by atoms with van der Waals surface area (Å²) in [5, 5.41) is 4.59. The van der Waals surface area contributed by atoms with Crippen LogP contribution in [0.3, 0.4) is 0 Å². The average Bonchev–Trinajstić information content (AvgIpc) is 2.54. The lowest BCUT2D eigenvalue weighted by molar-refractivity contribution is 0.590. The van der Waals surface area contributed by atoms with Gasteiger partial charge in [0.05, 0.1) is 15.9 Å². The monoisotopic (exact) mass is 319 g/mol. The van der Waals surface area contributed by atoms with Gasteiger partial charge in [0.2, 0.25) is 0 Å². The molecule has 3 nitrogen and oxygen atoms in total. The third-order valence-electron chi connectivity index (χ3n) is 2.41. The molecule has 5 heteroatoms. The SMILES string of the molecule is CCc1nn(CC)c(CSCC(C)(C)N)c1Br. The van der Waals surface area contributed by atoms with Crippen LogP contribution in [-0.4, -0.2) is 21.1 Å². The Morgan fingerprint density at radius 1 is 1.41 bits per heavy atom. The minimum Gasteiger partial charge on any atom is -0.325 e. The maximum Gasteiger partial charge on any atom is 0.0767 e. The van der Waals surface area contributed by atoms with Gasteiger partial charge in [-0.05, 0) is 43.1 Å². The fourth-order valence-electron chi connectivity index (χ4n) is 1.57. The molecular weight excluding hydrogens is 298 g/mol. The summed E-state index contributed by atoms with van der Waals surface area (Å²) in [7, 11) is 0. The molecule has 1 aromatic heterocycles. The van der Waals surface area contributed by atoms with Gasteiger partial charge < -0.3 is 5.73 Å². The van der Waals surface area contributed by atoms with Crippen LogP contribution in [0.25, 0.3) is 0 Å². The van der Waals surface area contributed by atoms with Gasteiger partial charge >= 0.3 is 0 Å². The van der Waals surface area contributed by atoms with Crippen LogP contribution in [0.2, 0.25) is 0 Å². The first-order valence-electron chi connectivity index (χ1n) is 5.99. The number of hydrogen-bond acceptors (Lipinski definition) is 3. The average molecular weight is 320 g/mol. The molecule has 0 fully saturated rings. The van der Waals surface area contributed by atoms with Crippen molar-refractivity contribution in [2.45, 2.75) is 52.0 Å². The first kappa shape index (κ1) is 15.1. The molecule has 17 heavy (non-hydrogen) atoms. The summed E-state index contributed by atoms with van der Waals surface area (Å²) in [6.07, 6.45) is 0.966. The number of halogens is 1. The highest BCUT2D eigenvalue weighted by molar-refractivity contribution is 9.10. The van der Waals surface area contributed by atoms with Gasteiger partial charge in [0.15, 0.2) is 0 Å². The van der Waals surface area contributed by atoms with Crippen molar-refractivity contribution in [1.29, 1.82) is 0 Å². The largest absolute Gasteiger partial charge is 0.325 e.